The van der Waals surface area contributed by atoms with Gasteiger partial charge in [0.25, 0.3) is 15.9 Å². The van der Waals surface area contributed by atoms with Gasteiger partial charge in [0.2, 0.25) is 0 Å². The first-order valence-corrected chi connectivity index (χ1v) is 11.2. The number of aryl methyl sites for hydroxylation is 1. The predicted molar refractivity (Wildman–Crippen MR) is 122 cm³/mol. The van der Waals surface area contributed by atoms with Crippen LogP contribution < -0.4 is 9.04 Å². The molecular weight excluding hydrogens is 412 g/mol. The number of sulfonamides is 1. The van der Waals surface area contributed by atoms with E-state index in [9.17, 15) is 13.2 Å². The molecule has 1 amide bonds. The van der Waals surface area contributed by atoms with Crippen LogP contribution in [0.15, 0.2) is 77.7 Å². The fraction of sp³-hybridized carbons (Fsp3) is 0.208. The number of benzene rings is 3. The first kappa shape index (κ1) is 22.4. The zero-order valence-electron chi connectivity index (χ0n) is 18.1. The van der Waals surface area contributed by atoms with Crippen molar-refractivity contribution >= 4 is 21.6 Å². The molecule has 0 heterocycles. The summed E-state index contributed by atoms with van der Waals surface area (Å²) >= 11 is 0. The van der Waals surface area contributed by atoms with Gasteiger partial charge in [-0.05, 0) is 48.9 Å². The molecule has 0 saturated carbocycles. The number of nitrogens with zero attached hydrogens (tertiary/aromatic N) is 2. The zero-order chi connectivity index (χ0) is 22.6. The van der Waals surface area contributed by atoms with Crippen molar-refractivity contribution in [3.05, 3.63) is 89.5 Å². The van der Waals surface area contributed by atoms with Gasteiger partial charge in [-0.2, -0.15) is 0 Å². The molecule has 0 saturated heterocycles. The molecule has 0 unspecified atom stereocenters. The van der Waals surface area contributed by atoms with Crippen LogP contribution in [0.2, 0.25) is 0 Å². The number of carbonyl (C=O) groups is 1. The summed E-state index contributed by atoms with van der Waals surface area (Å²) in [6.45, 7) is 2.24. The van der Waals surface area contributed by atoms with E-state index in [1.54, 1.807) is 38.4 Å². The maximum atomic E-state index is 13.1. The first-order valence-electron chi connectivity index (χ1n) is 9.77. The second-order valence-corrected chi connectivity index (χ2v) is 9.28. The molecular formula is C24H26N2O4S. The lowest BCUT2D eigenvalue weighted by Gasteiger charge is -2.21. The van der Waals surface area contributed by atoms with Crippen LogP contribution in [0.1, 0.15) is 21.5 Å². The van der Waals surface area contributed by atoms with Gasteiger partial charge >= 0.3 is 0 Å². The number of methoxy groups -OCH3 is 1. The summed E-state index contributed by atoms with van der Waals surface area (Å²) in [4.78, 5) is 14.6. The molecule has 0 atom stereocenters. The second-order valence-electron chi connectivity index (χ2n) is 7.31. The van der Waals surface area contributed by atoms with Gasteiger partial charge in [0.15, 0.2) is 0 Å². The normalized spacial score (nSPS) is 11.1. The molecule has 0 spiro atoms. The minimum absolute atomic E-state index is 0.0630. The molecule has 6 nitrogen and oxygen atoms in total. The SMILES string of the molecule is COc1ccccc1CN(C)C(=O)c1cccc(S(=O)(=O)N(C)c2cccc(C)c2)c1. The molecule has 0 N–H and O–H groups in total. The van der Waals surface area contributed by atoms with Gasteiger partial charge in [-0.15, -0.1) is 0 Å². The Kier molecular flexibility index (Phi) is 6.65. The summed E-state index contributed by atoms with van der Waals surface area (Å²) < 4.78 is 32.9. The summed E-state index contributed by atoms with van der Waals surface area (Å²) in [7, 11) is 0.947. The zero-order valence-corrected chi connectivity index (χ0v) is 18.9. The Balaban J connectivity index is 1.85. The molecule has 3 aromatic rings. The number of para-hydroxylation sites is 1. The summed E-state index contributed by atoms with van der Waals surface area (Å²) in [5.41, 5.74) is 2.69. The molecule has 0 aliphatic heterocycles. The standard InChI is InChI=1S/C24H26N2O4S/c1-18-9-7-12-21(15-18)26(3)31(28,29)22-13-8-11-19(16-22)24(27)25(2)17-20-10-5-6-14-23(20)30-4/h5-16H,17H2,1-4H3. The van der Waals surface area contributed by atoms with Crippen molar-refractivity contribution in [3.8, 4) is 5.75 Å². The topological polar surface area (TPSA) is 66.9 Å². The summed E-state index contributed by atoms with van der Waals surface area (Å²) in [5, 5.41) is 0. The van der Waals surface area contributed by atoms with Crippen LogP contribution in [0.25, 0.3) is 0 Å². The van der Waals surface area contributed by atoms with E-state index in [1.807, 2.05) is 43.3 Å². The summed E-state index contributed by atoms with van der Waals surface area (Å²) in [6.07, 6.45) is 0. The highest BCUT2D eigenvalue weighted by Crippen LogP contribution is 2.24. The Bertz CT molecular complexity index is 1190. The van der Waals surface area contributed by atoms with Crippen molar-refractivity contribution in [2.45, 2.75) is 18.4 Å². The van der Waals surface area contributed by atoms with E-state index in [0.29, 0.717) is 23.5 Å². The second kappa shape index (κ2) is 9.22. The molecule has 0 fully saturated rings. The average molecular weight is 439 g/mol. The fourth-order valence-electron chi connectivity index (χ4n) is 3.29. The van der Waals surface area contributed by atoms with Crippen LogP contribution in [-0.4, -0.2) is 40.4 Å². The highest BCUT2D eigenvalue weighted by molar-refractivity contribution is 7.92. The van der Waals surface area contributed by atoms with Crippen molar-refractivity contribution in [1.29, 1.82) is 0 Å². The monoisotopic (exact) mass is 438 g/mol. The number of hydrogen-bond donors (Lipinski definition) is 0. The van der Waals surface area contributed by atoms with Crippen LogP contribution in [0.5, 0.6) is 5.75 Å². The third kappa shape index (κ3) is 4.88. The molecule has 3 aromatic carbocycles. The Morgan fingerprint density at radius 3 is 2.35 bits per heavy atom. The number of anilines is 1. The third-order valence-electron chi connectivity index (χ3n) is 5.05. The van der Waals surface area contributed by atoms with Crippen LogP contribution >= 0.6 is 0 Å². The Labute approximate surface area is 183 Å². The largest absolute Gasteiger partial charge is 0.496 e. The number of carbonyl (C=O) groups excluding carboxylic acids is 1. The average Bonchev–Trinajstić information content (AvgIpc) is 2.78. The van der Waals surface area contributed by atoms with E-state index in [2.05, 4.69) is 0 Å². The molecule has 162 valence electrons. The molecule has 0 radical (unpaired) electrons. The molecule has 7 heteroatoms. The number of hydrogen-bond acceptors (Lipinski definition) is 4. The minimum Gasteiger partial charge on any atom is -0.496 e. The van der Waals surface area contributed by atoms with Gasteiger partial charge in [-0.3, -0.25) is 9.10 Å². The lowest BCUT2D eigenvalue weighted by atomic mass is 10.1. The Morgan fingerprint density at radius 2 is 1.65 bits per heavy atom. The molecule has 0 aromatic heterocycles. The van der Waals surface area contributed by atoms with Gasteiger partial charge in [-0.1, -0.05) is 36.4 Å². The van der Waals surface area contributed by atoms with Crippen LogP contribution in [0, 0.1) is 6.92 Å². The fourth-order valence-corrected chi connectivity index (χ4v) is 4.53. The van der Waals surface area contributed by atoms with Crippen molar-refractivity contribution in [2.75, 3.05) is 25.5 Å². The van der Waals surface area contributed by atoms with E-state index in [0.717, 1.165) is 11.1 Å². The van der Waals surface area contributed by atoms with Crippen molar-refractivity contribution in [3.63, 3.8) is 0 Å². The molecule has 31 heavy (non-hydrogen) atoms. The van der Waals surface area contributed by atoms with Gasteiger partial charge < -0.3 is 9.64 Å². The number of amides is 1. The van der Waals surface area contributed by atoms with Crippen molar-refractivity contribution < 1.29 is 17.9 Å². The third-order valence-corrected chi connectivity index (χ3v) is 6.83. The van der Waals surface area contributed by atoms with Crippen molar-refractivity contribution in [2.24, 2.45) is 0 Å². The van der Waals surface area contributed by atoms with Gasteiger partial charge in [0, 0.05) is 31.8 Å². The van der Waals surface area contributed by atoms with E-state index in [4.69, 9.17) is 4.74 Å². The van der Waals surface area contributed by atoms with Gasteiger partial charge in [0.05, 0.1) is 17.7 Å². The van der Waals surface area contributed by atoms with E-state index < -0.39 is 10.0 Å². The summed E-state index contributed by atoms with van der Waals surface area (Å²) in [6, 6.07) is 20.8. The van der Waals surface area contributed by atoms with E-state index in [1.165, 1.54) is 28.4 Å². The minimum atomic E-state index is -3.82. The van der Waals surface area contributed by atoms with E-state index >= 15 is 0 Å². The maximum absolute atomic E-state index is 13.1. The smallest absolute Gasteiger partial charge is 0.264 e. The maximum Gasteiger partial charge on any atom is 0.264 e. The molecule has 0 aliphatic carbocycles. The van der Waals surface area contributed by atoms with Gasteiger partial charge in [0.1, 0.15) is 5.75 Å². The molecule has 0 aliphatic rings. The quantitative estimate of drug-likeness (QED) is 0.557. The molecule has 0 bridgehead atoms. The predicted octanol–water partition coefficient (Wildman–Crippen LogP) is 4.10. The Hall–Kier alpha value is -3.32. The summed E-state index contributed by atoms with van der Waals surface area (Å²) in [5.74, 6) is 0.416. The Morgan fingerprint density at radius 1 is 0.935 bits per heavy atom. The van der Waals surface area contributed by atoms with Crippen LogP contribution in [0.4, 0.5) is 5.69 Å². The lowest BCUT2D eigenvalue weighted by Crippen LogP contribution is -2.28. The first-order chi connectivity index (χ1) is 14.7. The highest BCUT2D eigenvalue weighted by atomic mass is 32.2. The lowest BCUT2D eigenvalue weighted by molar-refractivity contribution is 0.0784. The van der Waals surface area contributed by atoms with Gasteiger partial charge in [-0.25, -0.2) is 8.42 Å². The molecule has 3 rings (SSSR count). The highest BCUT2D eigenvalue weighted by Gasteiger charge is 2.23. The number of ether oxygens (including phenoxy) is 1. The number of rotatable bonds is 7. The van der Waals surface area contributed by atoms with Crippen LogP contribution in [0.3, 0.4) is 0 Å². The van der Waals surface area contributed by atoms with Crippen LogP contribution in [-0.2, 0) is 16.6 Å². The van der Waals surface area contributed by atoms with Crippen molar-refractivity contribution in [1.82, 2.24) is 4.90 Å². The van der Waals surface area contributed by atoms with E-state index in [-0.39, 0.29) is 10.8 Å².